The van der Waals surface area contributed by atoms with Crippen LogP contribution in [0.2, 0.25) is 0 Å². The van der Waals surface area contributed by atoms with Crippen LogP contribution in [0.3, 0.4) is 0 Å². The zero-order valence-corrected chi connectivity index (χ0v) is 13.6. The summed E-state index contributed by atoms with van der Waals surface area (Å²) in [5.41, 5.74) is 3.30. The molecule has 27 heavy (non-hydrogen) atoms. The van der Waals surface area contributed by atoms with Gasteiger partial charge in [-0.25, -0.2) is 14.0 Å². The Balaban J connectivity index is 2.46. The first kappa shape index (κ1) is 19.3. The van der Waals surface area contributed by atoms with E-state index in [1.54, 1.807) is 0 Å². The molecule has 0 spiro atoms. The van der Waals surface area contributed by atoms with E-state index in [0.29, 0.717) is 0 Å². The molecule has 10 nitrogen and oxygen atoms in total. The summed E-state index contributed by atoms with van der Waals surface area (Å²) in [5, 5.41) is 42.5. The van der Waals surface area contributed by atoms with Crippen LogP contribution in [-0.2, 0) is 9.57 Å². The number of rotatable bonds is 4. The molecule has 0 heterocycles. The Morgan fingerprint density at radius 3 is 2.15 bits per heavy atom. The van der Waals surface area contributed by atoms with Crippen molar-refractivity contribution >= 4 is 17.8 Å². The lowest BCUT2D eigenvalue weighted by Gasteiger charge is -2.13. The number of esters is 1. The van der Waals surface area contributed by atoms with Gasteiger partial charge in [-0.2, -0.15) is 0 Å². The summed E-state index contributed by atoms with van der Waals surface area (Å²) in [6.07, 6.45) is 0. The fraction of sp³-hybridized carbons (Fsp3) is 0.0625. The van der Waals surface area contributed by atoms with Crippen molar-refractivity contribution in [2.24, 2.45) is 10.9 Å². The van der Waals surface area contributed by atoms with Crippen molar-refractivity contribution in [3.8, 4) is 23.0 Å². The number of phenolic OH excluding ortho intramolecular Hbond substituents is 4. The second-order valence-electron chi connectivity index (χ2n) is 4.97. The van der Waals surface area contributed by atoms with Crippen LogP contribution >= 0.6 is 0 Å². The molecule has 2 aromatic carbocycles. The van der Waals surface area contributed by atoms with E-state index in [-0.39, 0.29) is 0 Å². The molecule has 0 aliphatic carbocycles. The molecule has 0 amide bonds. The topological polar surface area (TPSA) is 172 Å². The highest BCUT2D eigenvalue weighted by Crippen LogP contribution is 2.46. The van der Waals surface area contributed by atoms with E-state index >= 15 is 0 Å². The van der Waals surface area contributed by atoms with Gasteiger partial charge in [0.2, 0.25) is 5.75 Å². The molecule has 0 radical (unpaired) electrons. The highest BCUT2D eigenvalue weighted by atomic mass is 19.1. The van der Waals surface area contributed by atoms with Gasteiger partial charge in [-0.05, 0) is 12.1 Å². The van der Waals surface area contributed by atoms with Gasteiger partial charge >= 0.3 is 11.9 Å². The number of benzene rings is 2. The molecule has 11 heteroatoms. The van der Waals surface area contributed by atoms with Crippen LogP contribution in [0.4, 0.5) is 4.39 Å². The van der Waals surface area contributed by atoms with Crippen LogP contribution in [0, 0.1) is 5.82 Å². The predicted octanol–water partition coefficient (Wildman–Crippen LogP) is 0.912. The van der Waals surface area contributed by atoms with E-state index in [4.69, 9.17) is 5.73 Å². The van der Waals surface area contributed by atoms with Crippen molar-refractivity contribution in [2.75, 3.05) is 7.11 Å². The van der Waals surface area contributed by atoms with E-state index in [2.05, 4.69) is 14.7 Å². The normalized spacial score (nSPS) is 11.1. The Bertz CT molecular complexity index is 958. The molecule has 2 aromatic rings. The van der Waals surface area contributed by atoms with Crippen molar-refractivity contribution in [2.45, 2.75) is 0 Å². The summed E-state index contributed by atoms with van der Waals surface area (Å²) in [4.78, 5) is 27.9. The van der Waals surface area contributed by atoms with E-state index < -0.39 is 63.3 Å². The van der Waals surface area contributed by atoms with Gasteiger partial charge in [-0.15, -0.1) is 0 Å². The maximum atomic E-state index is 13.5. The maximum absolute atomic E-state index is 13.5. The summed E-state index contributed by atoms with van der Waals surface area (Å²) in [6, 6.07) is 4.82. The minimum atomic E-state index is -1.27. The smallest absolute Gasteiger partial charge is 0.368 e. The zero-order chi connectivity index (χ0) is 20.3. The molecule has 0 saturated carbocycles. The minimum absolute atomic E-state index is 0.466. The second-order valence-corrected chi connectivity index (χ2v) is 4.97. The number of phenols is 4. The third-order valence-electron chi connectivity index (χ3n) is 3.36. The molecule has 0 unspecified atom stereocenters. The van der Waals surface area contributed by atoms with Gasteiger partial charge in [0, 0.05) is 0 Å². The van der Waals surface area contributed by atoms with Crippen molar-refractivity contribution in [1.82, 2.24) is 0 Å². The number of nitrogens with two attached hydrogens (primary N) is 1. The summed E-state index contributed by atoms with van der Waals surface area (Å²) in [6.45, 7) is 0. The Labute approximate surface area is 150 Å². The Hall–Kier alpha value is -4.02. The molecule has 0 fully saturated rings. The van der Waals surface area contributed by atoms with Gasteiger partial charge in [0.05, 0.1) is 12.7 Å². The number of halogens is 1. The lowest BCUT2D eigenvalue weighted by Crippen LogP contribution is -2.17. The van der Waals surface area contributed by atoms with Crippen LogP contribution in [0.5, 0.6) is 23.0 Å². The number of methoxy groups -OCH3 is 1. The largest absolute Gasteiger partial charge is 0.506 e. The third-order valence-corrected chi connectivity index (χ3v) is 3.36. The number of carbonyl (C=O) groups excluding carboxylic acids is 2. The number of aromatic hydroxyl groups is 4. The van der Waals surface area contributed by atoms with Crippen LogP contribution in [0.1, 0.15) is 26.3 Å². The van der Waals surface area contributed by atoms with E-state index in [1.165, 1.54) is 12.1 Å². The van der Waals surface area contributed by atoms with Gasteiger partial charge in [0.1, 0.15) is 22.7 Å². The van der Waals surface area contributed by atoms with Crippen molar-refractivity contribution in [1.29, 1.82) is 0 Å². The first-order valence-electron chi connectivity index (χ1n) is 7.08. The van der Waals surface area contributed by atoms with Gasteiger partial charge < -0.3 is 35.7 Å². The lowest BCUT2D eigenvalue weighted by molar-refractivity contribution is 0.0509. The molecule has 6 N–H and O–H groups in total. The quantitative estimate of drug-likeness (QED) is 0.0983. The van der Waals surface area contributed by atoms with Gasteiger partial charge in [-0.1, -0.05) is 17.3 Å². The van der Waals surface area contributed by atoms with Crippen LogP contribution in [0.15, 0.2) is 29.4 Å². The summed E-state index contributed by atoms with van der Waals surface area (Å²) in [7, 11) is 0.929. The first-order chi connectivity index (χ1) is 12.7. The number of ether oxygens (including phenoxy) is 1. The molecule has 0 aromatic heterocycles. The van der Waals surface area contributed by atoms with Crippen LogP contribution in [-0.4, -0.2) is 45.3 Å². The Morgan fingerprint density at radius 1 is 0.963 bits per heavy atom. The van der Waals surface area contributed by atoms with Gasteiger partial charge in [0.15, 0.2) is 17.3 Å². The SMILES string of the molecule is COC(=O)c1c(O)c(O)c(O)c(/C(N)=N/OC(=O)c2ccccc2F)c1O. The Morgan fingerprint density at radius 2 is 1.56 bits per heavy atom. The summed E-state index contributed by atoms with van der Waals surface area (Å²) >= 11 is 0. The third kappa shape index (κ3) is 3.51. The fourth-order valence-electron chi connectivity index (χ4n) is 2.05. The van der Waals surface area contributed by atoms with Crippen molar-refractivity contribution in [3.63, 3.8) is 0 Å². The highest BCUT2D eigenvalue weighted by Gasteiger charge is 2.30. The molecule has 0 atom stereocenters. The van der Waals surface area contributed by atoms with E-state index in [1.807, 2.05) is 0 Å². The minimum Gasteiger partial charge on any atom is -0.506 e. The molecule has 0 bridgehead atoms. The molecule has 0 aliphatic rings. The zero-order valence-electron chi connectivity index (χ0n) is 13.6. The lowest BCUT2D eigenvalue weighted by atomic mass is 10.0. The molecule has 2 rings (SSSR count). The monoisotopic (exact) mass is 380 g/mol. The number of hydrogen-bond donors (Lipinski definition) is 5. The van der Waals surface area contributed by atoms with Crippen LogP contribution in [0.25, 0.3) is 0 Å². The number of oxime groups is 1. The second kappa shape index (κ2) is 7.47. The first-order valence-corrected chi connectivity index (χ1v) is 7.08. The predicted molar refractivity (Wildman–Crippen MR) is 87.0 cm³/mol. The average Bonchev–Trinajstić information content (AvgIpc) is 2.64. The van der Waals surface area contributed by atoms with Gasteiger partial charge in [-0.3, -0.25) is 0 Å². The molecule has 142 valence electrons. The summed E-state index contributed by atoms with van der Waals surface area (Å²) in [5.74, 6) is -8.89. The average molecular weight is 380 g/mol. The number of hydrogen-bond acceptors (Lipinski definition) is 9. The van der Waals surface area contributed by atoms with Crippen molar-refractivity contribution in [3.05, 3.63) is 46.8 Å². The molecule has 0 aliphatic heterocycles. The Kier molecular flexibility index (Phi) is 5.34. The highest BCUT2D eigenvalue weighted by molar-refractivity contribution is 6.08. The van der Waals surface area contributed by atoms with E-state index in [9.17, 15) is 34.4 Å². The van der Waals surface area contributed by atoms with Crippen LogP contribution < -0.4 is 5.73 Å². The standard InChI is InChI=1S/C16H13FN2O8/c1-26-16(25)9-10(20)8(11(21)13(23)12(9)22)14(18)19-27-15(24)6-4-2-3-5-7(6)17/h2-5,20-23H,1H3,(H2,18,19). The summed E-state index contributed by atoms with van der Waals surface area (Å²) < 4.78 is 17.9. The number of nitrogens with zero attached hydrogens (tertiary/aromatic N) is 1. The van der Waals surface area contributed by atoms with E-state index in [0.717, 1.165) is 19.2 Å². The molecular weight excluding hydrogens is 367 g/mol. The fourth-order valence-corrected chi connectivity index (χ4v) is 2.05. The number of carbonyl (C=O) groups is 2. The maximum Gasteiger partial charge on any atom is 0.368 e. The molecular formula is C16H13FN2O8. The number of amidine groups is 1. The van der Waals surface area contributed by atoms with Gasteiger partial charge in [0.25, 0.3) is 0 Å². The van der Waals surface area contributed by atoms with Crippen molar-refractivity contribution < 1.29 is 44.0 Å². The molecule has 0 saturated heterocycles.